The Morgan fingerprint density at radius 1 is 1.37 bits per heavy atom. The van der Waals surface area contributed by atoms with Crippen LogP contribution in [-0.4, -0.2) is 23.7 Å². The van der Waals surface area contributed by atoms with E-state index in [9.17, 15) is 9.90 Å². The fourth-order valence-electron chi connectivity index (χ4n) is 1.72. The van der Waals surface area contributed by atoms with E-state index in [0.717, 1.165) is 12.0 Å². The van der Waals surface area contributed by atoms with E-state index < -0.39 is 12.2 Å². The SMILES string of the molecule is CCCNC(=O)C(C)Oc1ccccc1[C@@H](O)CC. The molecule has 2 atom stereocenters. The number of benzene rings is 1. The topological polar surface area (TPSA) is 58.6 Å². The van der Waals surface area contributed by atoms with Crippen LogP contribution in [0.3, 0.4) is 0 Å². The molecule has 0 saturated heterocycles. The van der Waals surface area contributed by atoms with Crippen LogP contribution in [0.25, 0.3) is 0 Å². The Balaban J connectivity index is 2.73. The number of rotatable bonds is 7. The number of aliphatic hydroxyl groups is 1. The van der Waals surface area contributed by atoms with Crippen molar-refractivity contribution in [3.63, 3.8) is 0 Å². The Morgan fingerprint density at radius 3 is 2.68 bits per heavy atom. The largest absolute Gasteiger partial charge is 0.481 e. The molecule has 1 rings (SSSR count). The van der Waals surface area contributed by atoms with Crippen molar-refractivity contribution >= 4 is 5.91 Å². The first-order valence-electron chi connectivity index (χ1n) is 6.81. The lowest BCUT2D eigenvalue weighted by Crippen LogP contribution is -2.36. The van der Waals surface area contributed by atoms with Crippen LogP contribution in [0.15, 0.2) is 24.3 Å². The average Bonchev–Trinajstić information content (AvgIpc) is 2.44. The highest BCUT2D eigenvalue weighted by Gasteiger charge is 2.17. The van der Waals surface area contributed by atoms with Gasteiger partial charge in [-0.3, -0.25) is 4.79 Å². The molecule has 0 aliphatic heterocycles. The van der Waals surface area contributed by atoms with Crippen LogP contribution in [0.5, 0.6) is 5.75 Å². The second-order valence-electron chi connectivity index (χ2n) is 4.51. The Hall–Kier alpha value is -1.55. The summed E-state index contributed by atoms with van der Waals surface area (Å²) >= 11 is 0. The minimum absolute atomic E-state index is 0.136. The number of nitrogens with one attached hydrogen (secondary N) is 1. The maximum absolute atomic E-state index is 11.8. The number of hydrogen-bond acceptors (Lipinski definition) is 3. The van der Waals surface area contributed by atoms with Gasteiger partial charge in [0.1, 0.15) is 5.75 Å². The fourth-order valence-corrected chi connectivity index (χ4v) is 1.72. The van der Waals surface area contributed by atoms with Crippen LogP contribution in [0.4, 0.5) is 0 Å². The summed E-state index contributed by atoms with van der Waals surface area (Å²) in [6.45, 7) is 6.25. The molecule has 0 aromatic heterocycles. The average molecular weight is 265 g/mol. The van der Waals surface area contributed by atoms with E-state index in [-0.39, 0.29) is 5.91 Å². The first-order valence-corrected chi connectivity index (χ1v) is 6.81. The fraction of sp³-hybridized carbons (Fsp3) is 0.533. The molecule has 0 saturated carbocycles. The van der Waals surface area contributed by atoms with Crippen molar-refractivity contribution in [1.82, 2.24) is 5.32 Å². The monoisotopic (exact) mass is 265 g/mol. The molecule has 0 aliphatic carbocycles. The van der Waals surface area contributed by atoms with Gasteiger partial charge in [-0.2, -0.15) is 0 Å². The lowest BCUT2D eigenvalue weighted by molar-refractivity contribution is -0.127. The highest BCUT2D eigenvalue weighted by molar-refractivity contribution is 5.80. The van der Waals surface area contributed by atoms with E-state index in [1.807, 2.05) is 32.0 Å². The third-order valence-electron chi connectivity index (χ3n) is 2.89. The molecule has 2 N–H and O–H groups in total. The summed E-state index contributed by atoms with van der Waals surface area (Å²) in [7, 11) is 0. The first-order chi connectivity index (χ1) is 9.10. The molecule has 1 aromatic carbocycles. The van der Waals surface area contributed by atoms with Gasteiger partial charge in [0, 0.05) is 12.1 Å². The molecule has 4 nitrogen and oxygen atoms in total. The molecule has 19 heavy (non-hydrogen) atoms. The first kappa shape index (κ1) is 15.5. The minimum atomic E-state index is -0.572. The van der Waals surface area contributed by atoms with Crippen molar-refractivity contribution in [3.8, 4) is 5.75 Å². The third kappa shape index (κ3) is 4.56. The zero-order valence-corrected chi connectivity index (χ0v) is 11.8. The summed E-state index contributed by atoms with van der Waals surface area (Å²) in [5, 5.41) is 12.7. The lowest BCUT2D eigenvalue weighted by Gasteiger charge is -2.19. The van der Waals surface area contributed by atoms with Gasteiger partial charge in [0.2, 0.25) is 0 Å². The zero-order valence-electron chi connectivity index (χ0n) is 11.8. The van der Waals surface area contributed by atoms with Crippen LogP contribution in [0, 0.1) is 0 Å². The lowest BCUT2D eigenvalue weighted by atomic mass is 10.1. The van der Waals surface area contributed by atoms with Crippen molar-refractivity contribution in [2.24, 2.45) is 0 Å². The number of carbonyl (C=O) groups excluding carboxylic acids is 1. The van der Waals surface area contributed by atoms with Gasteiger partial charge in [0.05, 0.1) is 6.10 Å². The maximum Gasteiger partial charge on any atom is 0.260 e. The Labute approximate surface area is 114 Å². The Kier molecular flexibility index (Phi) is 6.36. The van der Waals surface area contributed by atoms with Crippen molar-refractivity contribution in [3.05, 3.63) is 29.8 Å². The van der Waals surface area contributed by atoms with Crippen LogP contribution < -0.4 is 10.1 Å². The molecule has 0 fully saturated rings. The van der Waals surface area contributed by atoms with E-state index in [2.05, 4.69) is 5.32 Å². The smallest absolute Gasteiger partial charge is 0.260 e. The van der Waals surface area contributed by atoms with Gasteiger partial charge in [-0.25, -0.2) is 0 Å². The number of amides is 1. The van der Waals surface area contributed by atoms with Gasteiger partial charge < -0.3 is 15.2 Å². The standard InChI is InChI=1S/C15H23NO3/c1-4-10-16-15(18)11(3)19-14-9-7-6-8-12(14)13(17)5-2/h6-9,11,13,17H,4-5,10H2,1-3H3,(H,16,18)/t11?,13-/m0/s1. The van der Waals surface area contributed by atoms with Crippen LogP contribution in [0.2, 0.25) is 0 Å². The predicted octanol–water partition coefficient (Wildman–Crippen LogP) is 2.42. The van der Waals surface area contributed by atoms with Crippen molar-refractivity contribution in [1.29, 1.82) is 0 Å². The van der Waals surface area contributed by atoms with Crippen LogP contribution in [-0.2, 0) is 4.79 Å². The molecule has 0 aliphatic rings. The van der Waals surface area contributed by atoms with E-state index in [1.54, 1.807) is 13.0 Å². The normalized spacial score (nSPS) is 13.7. The Bertz CT molecular complexity index is 406. The maximum atomic E-state index is 11.8. The number of aliphatic hydroxyl groups excluding tert-OH is 1. The number of hydrogen-bond donors (Lipinski definition) is 2. The van der Waals surface area contributed by atoms with Gasteiger partial charge >= 0.3 is 0 Å². The van der Waals surface area contributed by atoms with E-state index in [1.165, 1.54) is 0 Å². The molecule has 1 unspecified atom stereocenters. The summed E-state index contributed by atoms with van der Waals surface area (Å²) in [6, 6.07) is 7.28. The van der Waals surface area contributed by atoms with E-state index in [0.29, 0.717) is 18.7 Å². The van der Waals surface area contributed by atoms with E-state index in [4.69, 9.17) is 4.74 Å². The van der Waals surface area contributed by atoms with Gasteiger partial charge in [-0.05, 0) is 25.8 Å². The van der Waals surface area contributed by atoms with Gasteiger partial charge in [-0.15, -0.1) is 0 Å². The number of carbonyl (C=O) groups is 1. The molecule has 1 aromatic rings. The molecular formula is C15H23NO3. The van der Waals surface area contributed by atoms with Gasteiger partial charge in [-0.1, -0.05) is 32.0 Å². The molecule has 1 amide bonds. The molecule has 0 spiro atoms. The number of ether oxygens (including phenoxy) is 1. The number of para-hydroxylation sites is 1. The summed E-state index contributed by atoms with van der Waals surface area (Å²) in [5.41, 5.74) is 0.722. The third-order valence-corrected chi connectivity index (χ3v) is 2.89. The molecule has 0 radical (unpaired) electrons. The second kappa shape index (κ2) is 7.79. The molecular weight excluding hydrogens is 242 g/mol. The predicted molar refractivity (Wildman–Crippen MR) is 75.1 cm³/mol. The highest BCUT2D eigenvalue weighted by Crippen LogP contribution is 2.27. The minimum Gasteiger partial charge on any atom is -0.481 e. The van der Waals surface area contributed by atoms with E-state index >= 15 is 0 Å². The molecule has 106 valence electrons. The molecule has 4 heteroatoms. The molecule has 0 heterocycles. The van der Waals surface area contributed by atoms with Crippen molar-refractivity contribution in [2.45, 2.75) is 45.8 Å². The highest BCUT2D eigenvalue weighted by atomic mass is 16.5. The summed E-state index contributed by atoms with van der Waals surface area (Å²) in [6.07, 6.45) is 0.360. The Morgan fingerprint density at radius 2 is 2.05 bits per heavy atom. The summed E-state index contributed by atoms with van der Waals surface area (Å²) in [5.74, 6) is 0.429. The second-order valence-corrected chi connectivity index (χ2v) is 4.51. The van der Waals surface area contributed by atoms with Crippen molar-refractivity contribution in [2.75, 3.05) is 6.54 Å². The molecule has 0 bridgehead atoms. The summed E-state index contributed by atoms with van der Waals surface area (Å²) < 4.78 is 5.66. The quantitative estimate of drug-likeness (QED) is 0.796. The van der Waals surface area contributed by atoms with Crippen LogP contribution in [0.1, 0.15) is 45.3 Å². The summed E-state index contributed by atoms with van der Waals surface area (Å²) in [4.78, 5) is 11.8. The van der Waals surface area contributed by atoms with Gasteiger partial charge in [0.25, 0.3) is 5.91 Å². The zero-order chi connectivity index (χ0) is 14.3. The van der Waals surface area contributed by atoms with Crippen LogP contribution >= 0.6 is 0 Å². The van der Waals surface area contributed by atoms with Crippen molar-refractivity contribution < 1.29 is 14.6 Å². The van der Waals surface area contributed by atoms with Gasteiger partial charge in [0.15, 0.2) is 6.10 Å².